The maximum Gasteiger partial charge on any atom is 0.329 e. The summed E-state index contributed by atoms with van der Waals surface area (Å²) in [6.07, 6.45) is 0.529. The zero-order valence-electron chi connectivity index (χ0n) is 16.5. The van der Waals surface area contributed by atoms with Crippen molar-refractivity contribution in [1.29, 1.82) is 0 Å². The summed E-state index contributed by atoms with van der Waals surface area (Å²) in [5, 5.41) is 5.29. The minimum absolute atomic E-state index is 0.211. The van der Waals surface area contributed by atoms with Crippen molar-refractivity contribution >= 4 is 17.8 Å². The Bertz CT molecular complexity index is 822. The summed E-state index contributed by atoms with van der Waals surface area (Å²) < 4.78 is 17.9. The Morgan fingerprint density at radius 1 is 1.00 bits per heavy atom. The molecule has 0 heterocycles. The molecular weight excluding hydrogens is 375 g/mol. The van der Waals surface area contributed by atoms with Crippen LogP contribution < -0.4 is 10.6 Å². The van der Waals surface area contributed by atoms with Gasteiger partial charge < -0.3 is 15.4 Å². The van der Waals surface area contributed by atoms with Crippen molar-refractivity contribution in [3.8, 4) is 0 Å². The summed E-state index contributed by atoms with van der Waals surface area (Å²) in [7, 11) is 0. The molecular formula is C22H25FN2O4. The summed E-state index contributed by atoms with van der Waals surface area (Å²) >= 11 is 0. The molecule has 0 aliphatic rings. The van der Waals surface area contributed by atoms with Crippen LogP contribution in [-0.4, -0.2) is 37.0 Å². The second-order valence-corrected chi connectivity index (χ2v) is 6.90. The Morgan fingerprint density at radius 3 is 2.28 bits per heavy atom. The molecule has 2 rings (SSSR count). The second-order valence-electron chi connectivity index (χ2n) is 6.90. The fourth-order valence-corrected chi connectivity index (χ4v) is 2.59. The number of ether oxygens (including phenoxy) is 1. The van der Waals surface area contributed by atoms with Crippen LogP contribution >= 0.6 is 0 Å². The van der Waals surface area contributed by atoms with E-state index in [-0.39, 0.29) is 17.6 Å². The van der Waals surface area contributed by atoms with Crippen LogP contribution in [0.5, 0.6) is 0 Å². The number of halogens is 1. The monoisotopic (exact) mass is 400 g/mol. The van der Waals surface area contributed by atoms with Gasteiger partial charge in [-0.1, -0.05) is 44.2 Å². The van der Waals surface area contributed by atoms with Gasteiger partial charge in [-0.25, -0.2) is 9.18 Å². The summed E-state index contributed by atoms with van der Waals surface area (Å²) in [6, 6.07) is 13.7. The number of carbonyl (C=O) groups is 3. The highest BCUT2D eigenvalue weighted by molar-refractivity contribution is 5.97. The number of hydrogen-bond donors (Lipinski definition) is 2. The fraction of sp³-hybridized carbons (Fsp3) is 0.318. The van der Waals surface area contributed by atoms with Crippen molar-refractivity contribution in [3.05, 3.63) is 71.5 Å². The molecule has 0 saturated carbocycles. The lowest BCUT2D eigenvalue weighted by molar-refractivity contribution is -0.151. The van der Waals surface area contributed by atoms with Crippen molar-refractivity contribution in [2.75, 3.05) is 13.2 Å². The van der Waals surface area contributed by atoms with Gasteiger partial charge in [0.25, 0.3) is 11.8 Å². The van der Waals surface area contributed by atoms with E-state index in [0.29, 0.717) is 18.5 Å². The van der Waals surface area contributed by atoms with Crippen LogP contribution in [0.2, 0.25) is 0 Å². The van der Waals surface area contributed by atoms with Gasteiger partial charge in [-0.2, -0.15) is 0 Å². The quantitative estimate of drug-likeness (QED) is 0.634. The Morgan fingerprint density at radius 2 is 1.66 bits per heavy atom. The minimum atomic E-state index is -0.866. The summed E-state index contributed by atoms with van der Waals surface area (Å²) in [5.74, 6) is -2.03. The van der Waals surface area contributed by atoms with E-state index >= 15 is 0 Å². The Hall–Kier alpha value is -3.22. The molecule has 2 amide bonds. The molecule has 0 bridgehead atoms. The SMILES string of the molecule is CC(C)[C@H](NC(=O)c1ccccc1)C(=O)OCC(=O)NCCc1ccc(F)cc1. The van der Waals surface area contributed by atoms with E-state index in [1.54, 1.807) is 56.3 Å². The topological polar surface area (TPSA) is 84.5 Å². The van der Waals surface area contributed by atoms with Crippen LogP contribution in [-0.2, 0) is 20.7 Å². The van der Waals surface area contributed by atoms with Gasteiger partial charge in [0.05, 0.1) is 0 Å². The van der Waals surface area contributed by atoms with Gasteiger partial charge in [-0.05, 0) is 42.2 Å². The standard InChI is InChI=1S/C22H25FN2O4/c1-15(2)20(25-21(27)17-6-4-3-5-7-17)22(28)29-14-19(26)24-13-12-16-8-10-18(23)11-9-16/h3-11,15,20H,12-14H2,1-2H3,(H,24,26)(H,25,27)/t20-/m0/s1. The van der Waals surface area contributed by atoms with Gasteiger partial charge in [-0.3, -0.25) is 9.59 Å². The molecule has 6 nitrogen and oxygen atoms in total. The zero-order chi connectivity index (χ0) is 21.2. The van der Waals surface area contributed by atoms with Crippen LogP contribution in [0.15, 0.2) is 54.6 Å². The molecule has 2 N–H and O–H groups in total. The highest BCUT2D eigenvalue weighted by atomic mass is 19.1. The van der Waals surface area contributed by atoms with E-state index in [9.17, 15) is 18.8 Å². The predicted molar refractivity (Wildman–Crippen MR) is 107 cm³/mol. The van der Waals surface area contributed by atoms with Crippen LogP contribution in [0.3, 0.4) is 0 Å². The number of rotatable bonds is 9. The minimum Gasteiger partial charge on any atom is -0.454 e. The smallest absolute Gasteiger partial charge is 0.329 e. The van der Waals surface area contributed by atoms with E-state index in [0.717, 1.165) is 5.56 Å². The molecule has 0 aliphatic heterocycles. The van der Waals surface area contributed by atoms with Crippen molar-refractivity contribution in [3.63, 3.8) is 0 Å². The first-order valence-corrected chi connectivity index (χ1v) is 9.40. The van der Waals surface area contributed by atoms with Gasteiger partial charge in [0.2, 0.25) is 0 Å². The third-order valence-electron chi connectivity index (χ3n) is 4.24. The van der Waals surface area contributed by atoms with Crippen LogP contribution in [0.25, 0.3) is 0 Å². The van der Waals surface area contributed by atoms with E-state index in [2.05, 4.69) is 10.6 Å². The Balaban J connectivity index is 1.77. The molecule has 2 aromatic rings. The first kappa shape index (κ1) is 22.1. The number of benzene rings is 2. The van der Waals surface area contributed by atoms with E-state index in [4.69, 9.17) is 4.74 Å². The lowest BCUT2D eigenvalue weighted by Gasteiger charge is -2.20. The lowest BCUT2D eigenvalue weighted by Crippen LogP contribution is -2.46. The van der Waals surface area contributed by atoms with Gasteiger partial charge in [0.1, 0.15) is 11.9 Å². The average molecular weight is 400 g/mol. The lowest BCUT2D eigenvalue weighted by atomic mass is 10.0. The first-order valence-electron chi connectivity index (χ1n) is 9.40. The van der Waals surface area contributed by atoms with Crippen LogP contribution in [0.4, 0.5) is 4.39 Å². The number of carbonyl (C=O) groups excluding carboxylic acids is 3. The normalized spacial score (nSPS) is 11.6. The molecule has 0 spiro atoms. The first-order chi connectivity index (χ1) is 13.9. The molecule has 0 aliphatic carbocycles. The number of amides is 2. The van der Waals surface area contributed by atoms with Crippen LogP contribution in [0.1, 0.15) is 29.8 Å². The van der Waals surface area contributed by atoms with Crippen molar-refractivity contribution in [1.82, 2.24) is 10.6 Å². The molecule has 0 fully saturated rings. The summed E-state index contributed by atoms with van der Waals surface area (Å²) in [5.41, 5.74) is 1.32. The number of esters is 1. The highest BCUT2D eigenvalue weighted by Crippen LogP contribution is 2.07. The molecule has 7 heteroatoms. The molecule has 0 aromatic heterocycles. The number of hydrogen-bond acceptors (Lipinski definition) is 4. The van der Waals surface area contributed by atoms with Gasteiger partial charge in [0.15, 0.2) is 6.61 Å². The van der Waals surface area contributed by atoms with Crippen molar-refractivity contribution in [2.45, 2.75) is 26.3 Å². The summed E-state index contributed by atoms with van der Waals surface area (Å²) in [4.78, 5) is 36.5. The Kier molecular flexibility index (Phi) is 8.33. The maximum atomic E-state index is 12.9. The predicted octanol–water partition coefficient (Wildman–Crippen LogP) is 2.48. The molecule has 0 radical (unpaired) electrons. The molecule has 2 aromatic carbocycles. The molecule has 1 atom stereocenters. The van der Waals surface area contributed by atoms with E-state index in [1.165, 1.54) is 12.1 Å². The van der Waals surface area contributed by atoms with Crippen LogP contribution in [0, 0.1) is 11.7 Å². The second kappa shape index (κ2) is 10.9. The zero-order valence-corrected chi connectivity index (χ0v) is 16.5. The van der Waals surface area contributed by atoms with Gasteiger partial charge >= 0.3 is 5.97 Å². The highest BCUT2D eigenvalue weighted by Gasteiger charge is 2.26. The largest absolute Gasteiger partial charge is 0.454 e. The summed E-state index contributed by atoms with van der Waals surface area (Å²) in [6.45, 7) is 3.45. The average Bonchev–Trinajstić information content (AvgIpc) is 2.72. The third kappa shape index (κ3) is 7.37. The van der Waals surface area contributed by atoms with E-state index in [1.807, 2.05) is 0 Å². The van der Waals surface area contributed by atoms with Gasteiger partial charge in [0, 0.05) is 12.1 Å². The molecule has 29 heavy (non-hydrogen) atoms. The van der Waals surface area contributed by atoms with E-state index < -0.39 is 24.5 Å². The third-order valence-corrected chi connectivity index (χ3v) is 4.24. The molecule has 154 valence electrons. The molecule has 0 saturated heterocycles. The van der Waals surface area contributed by atoms with Crippen molar-refractivity contribution in [2.24, 2.45) is 5.92 Å². The number of nitrogens with one attached hydrogen (secondary N) is 2. The fourth-order valence-electron chi connectivity index (χ4n) is 2.59. The Labute approximate surface area is 169 Å². The van der Waals surface area contributed by atoms with Crippen molar-refractivity contribution < 1.29 is 23.5 Å². The maximum absolute atomic E-state index is 12.9. The van der Waals surface area contributed by atoms with Gasteiger partial charge in [-0.15, -0.1) is 0 Å². The molecule has 0 unspecified atom stereocenters.